The monoisotopic (exact) mass is 484 g/mol. The predicted molar refractivity (Wildman–Crippen MR) is 142 cm³/mol. The summed E-state index contributed by atoms with van der Waals surface area (Å²) in [7, 11) is 0. The number of Topliss-reactive ketones (excluding diaryl/α,β-unsaturated/α-hetero) is 1. The van der Waals surface area contributed by atoms with E-state index in [1.807, 2.05) is 48.5 Å². The maximum Gasteiger partial charge on any atom is 0.307 e. The fourth-order valence-electron chi connectivity index (χ4n) is 4.83. The van der Waals surface area contributed by atoms with Crippen LogP contribution in [0, 0.1) is 11.8 Å². The van der Waals surface area contributed by atoms with Crippen LogP contribution in [-0.4, -0.2) is 21.8 Å². The van der Waals surface area contributed by atoms with Crippen LogP contribution in [0.25, 0.3) is 21.3 Å². The molecule has 1 fully saturated rings. The molecule has 1 heterocycles. The summed E-state index contributed by atoms with van der Waals surface area (Å²) in [6, 6.07) is 22.1. The van der Waals surface area contributed by atoms with Gasteiger partial charge in [-0.15, -0.1) is 0 Å². The second kappa shape index (κ2) is 9.62. The van der Waals surface area contributed by atoms with Crippen LogP contribution in [0.5, 0.6) is 0 Å². The molecule has 35 heavy (non-hydrogen) atoms. The van der Waals surface area contributed by atoms with Crippen LogP contribution < -0.4 is 5.32 Å². The molecule has 1 aromatic heterocycles. The molecule has 0 radical (unpaired) electrons. The second-order valence-corrected chi connectivity index (χ2v) is 10.6. The Labute approximate surface area is 208 Å². The van der Waals surface area contributed by atoms with Gasteiger partial charge < -0.3 is 10.4 Å². The highest BCUT2D eigenvalue weighted by Gasteiger charge is 2.37. The summed E-state index contributed by atoms with van der Waals surface area (Å²) in [6.45, 7) is 4.39. The molecule has 2 unspecified atom stereocenters. The fraction of sp³-hybridized carbons (Fsp3) is 0.276. The van der Waals surface area contributed by atoms with Crippen LogP contribution >= 0.6 is 11.3 Å². The van der Waals surface area contributed by atoms with Crippen molar-refractivity contribution in [2.24, 2.45) is 11.8 Å². The summed E-state index contributed by atoms with van der Waals surface area (Å²) in [5, 5.41) is 13.7. The lowest BCUT2D eigenvalue weighted by atomic mass is 9.88. The number of ketones is 1. The summed E-state index contributed by atoms with van der Waals surface area (Å²) in [4.78, 5) is 29.0. The van der Waals surface area contributed by atoms with Gasteiger partial charge in [-0.3, -0.25) is 9.59 Å². The molecule has 0 bridgehead atoms. The van der Waals surface area contributed by atoms with E-state index in [-0.39, 0.29) is 5.78 Å². The van der Waals surface area contributed by atoms with E-state index in [0.717, 1.165) is 33.9 Å². The lowest BCUT2D eigenvalue weighted by Gasteiger charge is -2.14. The van der Waals surface area contributed by atoms with Crippen LogP contribution in [0.15, 0.2) is 66.7 Å². The molecule has 2 N–H and O–H groups in total. The van der Waals surface area contributed by atoms with Crippen LogP contribution in [0.3, 0.4) is 0 Å². The summed E-state index contributed by atoms with van der Waals surface area (Å²) < 4.78 is 1.18. The van der Waals surface area contributed by atoms with Crippen molar-refractivity contribution < 1.29 is 14.7 Å². The molecule has 1 aliphatic carbocycles. The maximum absolute atomic E-state index is 12.9. The Kier molecular flexibility index (Phi) is 6.39. The minimum Gasteiger partial charge on any atom is -0.481 e. The van der Waals surface area contributed by atoms with Crippen molar-refractivity contribution in [2.75, 3.05) is 5.32 Å². The third kappa shape index (κ3) is 4.84. The molecule has 0 amide bonds. The summed E-state index contributed by atoms with van der Waals surface area (Å²) >= 11 is 1.65. The molecule has 178 valence electrons. The van der Waals surface area contributed by atoms with Gasteiger partial charge in [-0.25, -0.2) is 4.98 Å². The van der Waals surface area contributed by atoms with E-state index in [2.05, 4.69) is 37.4 Å². The Morgan fingerprint density at radius 3 is 2.26 bits per heavy atom. The van der Waals surface area contributed by atoms with Gasteiger partial charge in [0.05, 0.1) is 16.1 Å². The second-order valence-electron chi connectivity index (χ2n) is 9.53. The number of carboxylic acid groups (broad SMARTS) is 1. The first kappa shape index (κ1) is 23.2. The minimum atomic E-state index is -0.864. The largest absolute Gasteiger partial charge is 0.481 e. The maximum atomic E-state index is 12.9. The number of nitrogens with zero attached hydrogens (tertiary/aromatic N) is 1. The van der Waals surface area contributed by atoms with Gasteiger partial charge in [-0.1, -0.05) is 74.1 Å². The topological polar surface area (TPSA) is 79.3 Å². The number of rotatable bonds is 7. The number of aromatic nitrogens is 1. The van der Waals surface area contributed by atoms with Crippen LogP contribution in [0.1, 0.15) is 54.9 Å². The van der Waals surface area contributed by atoms with Gasteiger partial charge in [0, 0.05) is 17.2 Å². The number of thiazole rings is 1. The molecule has 5 rings (SSSR count). The first-order valence-corrected chi connectivity index (χ1v) is 12.9. The van der Waals surface area contributed by atoms with Gasteiger partial charge in [0.25, 0.3) is 0 Å². The number of hydrogen-bond donors (Lipinski definition) is 2. The molecule has 0 aliphatic heterocycles. The first-order chi connectivity index (χ1) is 16.9. The zero-order chi connectivity index (χ0) is 24.5. The lowest BCUT2D eigenvalue weighted by Crippen LogP contribution is -2.25. The van der Waals surface area contributed by atoms with Crippen LogP contribution in [0.2, 0.25) is 0 Å². The minimum absolute atomic E-state index is 0.0580. The first-order valence-electron chi connectivity index (χ1n) is 12.0. The van der Waals surface area contributed by atoms with Crippen molar-refractivity contribution in [3.8, 4) is 11.1 Å². The average molecular weight is 485 g/mol. The molecule has 2 atom stereocenters. The highest BCUT2D eigenvalue weighted by atomic mass is 32.1. The number of anilines is 2. The van der Waals surface area contributed by atoms with Gasteiger partial charge in [-0.2, -0.15) is 0 Å². The molecular formula is C29H28N2O3S. The molecule has 6 heteroatoms. The number of nitrogens with one attached hydrogen (secondary N) is 1. The molecule has 1 saturated carbocycles. The van der Waals surface area contributed by atoms with E-state index in [9.17, 15) is 14.7 Å². The van der Waals surface area contributed by atoms with Crippen molar-refractivity contribution >= 4 is 44.1 Å². The highest BCUT2D eigenvalue weighted by Crippen LogP contribution is 2.35. The zero-order valence-corrected chi connectivity index (χ0v) is 20.6. The van der Waals surface area contributed by atoms with Crippen molar-refractivity contribution in [1.82, 2.24) is 4.98 Å². The van der Waals surface area contributed by atoms with E-state index in [0.29, 0.717) is 24.3 Å². The third-order valence-electron chi connectivity index (χ3n) is 6.89. The van der Waals surface area contributed by atoms with E-state index >= 15 is 0 Å². The Hall–Kier alpha value is -3.51. The van der Waals surface area contributed by atoms with Crippen molar-refractivity contribution in [3.05, 3.63) is 77.9 Å². The van der Waals surface area contributed by atoms with E-state index in [1.165, 1.54) is 10.3 Å². The molecular weight excluding hydrogens is 456 g/mol. The van der Waals surface area contributed by atoms with E-state index < -0.39 is 17.8 Å². The molecule has 5 nitrogen and oxygen atoms in total. The van der Waals surface area contributed by atoms with Gasteiger partial charge in [0.2, 0.25) is 0 Å². The molecule has 1 aliphatic rings. The highest BCUT2D eigenvalue weighted by molar-refractivity contribution is 7.22. The van der Waals surface area contributed by atoms with Gasteiger partial charge in [0.1, 0.15) is 0 Å². The smallest absolute Gasteiger partial charge is 0.307 e. The Morgan fingerprint density at radius 1 is 0.943 bits per heavy atom. The molecule has 3 aromatic carbocycles. The lowest BCUT2D eigenvalue weighted by molar-refractivity contribution is -0.142. The SMILES string of the molecule is CC(C)c1ccc2nc(Nc3ccc(-c4ccc(C(=O)C5CCCC5C(=O)O)cc4)cc3)sc2c1. The van der Waals surface area contributed by atoms with Crippen molar-refractivity contribution in [1.29, 1.82) is 0 Å². The van der Waals surface area contributed by atoms with Crippen molar-refractivity contribution in [3.63, 3.8) is 0 Å². The average Bonchev–Trinajstić information content (AvgIpc) is 3.51. The summed E-state index contributed by atoms with van der Waals surface area (Å²) in [5.41, 5.74) is 5.92. The van der Waals surface area contributed by atoms with Gasteiger partial charge in [-0.05, 0) is 59.7 Å². The number of fused-ring (bicyclic) bond motifs is 1. The normalized spacial score (nSPS) is 17.7. The Morgan fingerprint density at radius 2 is 1.60 bits per heavy atom. The molecule has 0 spiro atoms. The third-order valence-corrected chi connectivity index (χ3v) is 7.82. The molecule has 0 saturated heterocycles. The van der Waals surface area contributed by atoms with Gasteiger partial charge >= 0.3 is 5.97 Å². The Bertz CT molecular complexity index is 1370. The summed E-state index contributed by atoms with van der Waals surface area (Å²) in [6.07, 6.45) is 2.03. The number of benzene rings is 3. The van der Waals surface area contributed by atoms with Crippen LogP contribution in [0.4, 0.5) is 10.8 Å². The summed E-state index contributed by atoms with van der Waals surface area (Å²) in [5.74, 6) is -1.41. The standard InChI is InChI=1S/C29H28N2O3S/c1-17(2)21-12-15-25-26(16-21)35-29(31-25)30-22-13-10-19(11-14-22)18-6-8-20(9-7-18)27(32)23-4-3-5-24(23)28(33)34/h6-17,23-24H,3-5H2,1-2H3,(H,30,31)(H,33,34). The quantitative estimate of drug-likeness (QED) is 0.265. The zero-order valence-electron chi connectivity index (χ0n) is 19.8. The number of carboxylic acids is 1. The molecule has 4 aromatic rings. The van der Waals surface area contributed by atoms with E-state index in [1.54, 1.807) is 11.3 Å². The van der Waals surface area contributed by atoms with E-state index in [4.69, 9.17) is 4.98 Å². The van der Waals surface area contributed by atoms with Crippen LogP contribution in [-0.2, 0) is 4.79 Å². The fourth-order valence-corrected chi connectivity index (χ4v) is 5.77. The Balaban J connectivity index is 1.28. The predicted octanol–water partition coefficient (Wildman–Crippen LogP) is 7.51. The number of aliphatic carboxylic acids is 1. The van der Waals surface area contributed by atoms with Crippen molar-refractivity contribution in [2.45, 2.75) is 39.0 Å². The van der Waals surface area contributed by atoms with Gasteiger partial charge in [0.15, 0.2) is 10.9 Å². The number of hydrogen-bond acceptors (Lipinski definition) is 5. The number of carbonyl (C=O) groups is 2. The number of carbonyl (C=O) groups excluding carboxylic acids is 1.